The molecule has 0 radical (unpaired) electrons. The summed E-state index contributed by atoms with van der Waals surface area (Å²) in [4.78, 5) is 23.8. The number of ketones is 1. The van der Waals surface area contributed by atoms with Crippen molar-refractivity contribution in [1.29, 1.82) is 0 Å². The molecule has 1 aromatic rings. The van der Waals surface area contributed by atoms with Crippen LogP contribution >= 0.6 is 15.9 Å². The van der Waals surface area contributed by atoms with E-state index in [1.165, 1.54) is 0 Å². The van der Waals surface area contributed by atoms with E-state index in [1.54, 1.807) is 37.2 Å². The molecule has 0 aromatic heterocycles. The Morgan fingerprint density at radius 2 is 1.93 bits per heavy atom. The van der Waals surface area contributed by atoms with Gasteiger partial charge in [-0.1, -0.05) is 6.07 Å². The van der Waals surface area contributed by atoms with E-state index < -0.39 is 11.8 Å². The maximum absolute atomic E-state index is 11.4. The zero-order valence-corrected chi connectivity index (χ0v) is 9.91. The number of halogens is 1. The van der Waals surface area contributed by atoms with Gasteiger partial charge < -0.3 is 10.0 Å². The molecule has 15 heavy (non-hydrogen) atoms. The quantitative estimate of drug-likeness (QED) is 0.673. The van der Waals surface area contributed by atoms with E-state index in [0.717, 1.165) is 0 Å². The van der Waals surface area contributed by atoms with E-state index in [0.29, 0.717) is 10.2 Å². The van der Waals surface area contributed by atoms with Crippen LogP contribution in [-0.4, -0.2) is 31.0 Å². The van der Waals surface area contributed by atoms with Crippen LogP contribution in [-0.2, 0) is 4.79 Å². The van der Waals surface area contributed by atoms with E-state index in [2.05, 4.69) is 15.9 Å². The molecule has 0 aliphatic heterocycles. The highest BCUT2D eigenvalue weighted by molar-refractivity contribution is 9.10. The highest BCUT2D eigenvalue weighted by Crippen LogP contribution is 2.27. The van der Waals surface area contributed by atoms with Crippen molar-refractivity contribution < 1.29 is 14.7 Å². The summed E-state index contributed by atoms with van der Waals surface area (Å²) in [5.74, 6) is -2.36. The summed E-state index contributed by atoms with van der Waals surface area (Å²) in [6.07, 6.45) is 0. The zero-order chi connectivity index (χ0) is 11.6. The van der Waals surface area contributed by atoms with Crippen molar-refractivity contribution in [2.45, 2.75) is 0 Å². The Balaban J connectivity index is 3.37. The Hall–Kier alpha value is -1.36. The number of carbonyl (C=O) groups excluding carboxylic acids is 1. The maximum atomic E-state index is 11.4. The summed E-state index contributed by atoms with van der Waals surface area (Å²) in [5, 5.41) is 8.68. The highest BCUT2D eigenvalue weighted by atomic mass is 79.9. The van der Waals surface area contributed by atoms with Gasteiger partial charge in [0.25, 0.3) is 5.78 Å². The first-order valence-corrected chi connectivity index (χ1v) is 4.98. The lowest BCUT2D eigenvalue weighted by molar-refractivity contribution is -0.131. The Bertz CT molecular complexity index is 415. The summed E-state index contributed by atoms with van der Waals surface area (Å²) >= 11 is 3.17. The number of rotatable bonds is 3. The summed E-state index contributed by atoms with van der Waals surface area (Å²) in [6, 6.07) is 5.09. The number of hydrogen-bond donors (Lipinski definition) is 1. The standard InChI is InChI=1S/C10H10BrNO3/c1-12(2)7-5-3-4-6(11)8(7)9(13)10(14)15/h3-5H,1-2H3,(H,14,15). The first-order chi connectivity index (χ1) is 6.95. The van der Waals surface area contributed by atoms with Crippen LogP contribution in [0.4, 0.5) is 5.69 Å². The van der Waals surface area contributed by atoms with Crippen molar-refractivity contribution in [2.75, 3.05) is 19.0 Å². The largest absolute Gasteiger partial charge is 0.475 e. The molecule has 5 heteroatoms. The Morgan fingerprint density at radius 3 is 2.40 bits per heavy atom. The molecule has 0 saturated heterocycles. The third-order valence-electron chi connectivity index (χ3n) is 1.89. The van der Waals surface area contributed by atoms with Crippen molar-refractivity contribution in [3.05, 3.63) is 28.2 Å². The molecule has 1 aromatic carbocycles. The van der Waals surface area contributed by atoms with E-state index in [9.17, 15) is 9.59 Å². The predicted molar refractivity (Wildman–Crippen MR) is 60.4 cm³/mol. The molecule has 0 amide bonds. The Kier molecular flexibility index (Phi) is 3.47. The SMILES string of the molecule is CN(C)c1cccc(Br)c1C(=O)C(=O)O. The fraction of sp³-hybridized carbons (Fsp3) is 0.200. The van der Waals surface area contributed by atoms with Crippen LogP contribution in [0.2, 0.25) is 0 Å². The molecule has 0 atom stereocenters. The minimum Gasteiger partial charge on any atom is -0.475 e. The Labute approximate surface area is 95.6 Å². The second-order valence-electron chi connectivity index (χ2n) is 3.16. The molecule has 4 nitrogen and oxygen atoms in total. The monoisotopic (exact) mass is 271 g/mol. The minimum absolute atomic E-state index is 0.176. The number of carboxylic acid groups (broad SMARTS) is 1. The van der Waals surface area contributed by atoms with Crippen molar-refractivity contribution >= 4 is 33.4 Å². The van der Waals surface area contributed by atoms with Crippen LogP contribution in [0, 0.1) is 0 Å². The highest BCUT2D eigenvalue weighted by Gasteiger charge is 2.22. The van der Waals surface area contributed by atoms with Gasteiger partial charge in [-0.25, -0.2) is 4.79 Å². The zero-order valence-electron chi connectivity index (χ0n) is 8.32. The second-order valence-corrected chi connectivity index (χ2v) is 4.02. The van der Waals surface area contributed by atoms with Crippen LogP contribution in [0.3, 0.4) is 0 Å². The molecule has 1 rings (SSSR count). The molecule has 0 fully saturated rings. The molecule has 0 unspecified atom stereocenters. The molecule has 0 aliphatic carbocycles. The smallest absolute Gasteiger partial charge is 0.377 e. The Morgan fingerprint density at radius 1 is 1.33 bits per heavy atom. The molecular formula is C10H10BrNO3. The van der Waals surface area contributed by atoms with Crippen molar-refractivity contribution in [2.24, 2.45) is 0 Å². The van der Waals surface area contributed by atoms with Crippen LogP contribution < -0.4 is 4.90 Å². The molecular weight excluding hydrogens is 262 g/mol. The molecule has 0 heterocycles. The number of aliphatic carboxylic acids is 1. The number of carbonyl (C=O) groups is 2. The summed E-state index contributed by atoms with van der Waals surface area (Å²) in [6.45, 7) is 0. The average molecular weight is 272 g/mol. The number of nitrogens with zero attached hydrogens (tertiary/aromatic N) is 1. The third kappa shape index (κ3) is 2.36. The lowest BCUT2D eigenvalue weighted by atomic mass is 10.1. The number of benzene rings is 1. The topological polar surface area (TPSA) is 57.6 Å². The number of carboxylic acids is 1. The van der Waals surface area contributed by atoms with Gasteiger partial charge in [0.15, 0.2) is 0 Å². The first-order valence-electron chi connectivity index (χ1n) is 4.18. The summed E-state index contributed by atoms with van der Waals surface area (Å²) in [7, 11) is 3.50. The van der Waals surface area contributed by atoms with E-state index in [4.69, 9.17) is 5.11 Å². The molecule has 0 spiro atoms. The fourth-order valence-corrected chi connectivity index (χ4v) is 1.75. The average Bonchev–Trinajstić information content (AvgIpc) is 2.16. The fourth-order valence-electron chi connectivity index (χ4n) is 1.22. The number of Topliss-reactive ketones (excluding diaryl/α,β-unsaturated/α-hetero) is 1. The van der Waals surface area contributed by atoms with Crippen LogP contribution in [0.25, 0.3) is 0 Å². The van der Waals surface area contributed by atoms with Gasteiger partial charge in [0.2, 0.25) is 0 Å². The lowest BCUT2D eigenvalue weighted by Crippen LogP contribution is -2.19. The van der Waals surface area contributed by atoms with E-state index in [-0.39, 0.29) is 5.56 Å². The van der Waals surface area contributed by atoms with E-state index in [1.807, 2.05) is 0 Å². The van der Waals surface area contributed by atoms with Crippen molar-refractivity contribution in [3.63, 3.8) is 0 Å². The molecule has 0 aliphatic rings. The normalized spacial score (nSPS) is 9.80. The lowest BCUT2D eigenvalue weighted by Gasteiger charge is -2.16. The van der Waals surface area contributed by atoms with Crippen LogP contribution in [0.5, 0.6) is 0 Å². The van der Waals surface area contributed by atoms with Gasteiger partial charge in [-0.2, -0.15) is 0 Å². The van der Waals surface area contributed by atoms with Gasteiger partial charge in [0, 0.05) is 24.3 Å². The van der Waals surface area contributed by atoms with Crippen molar-refractivity contribution in [3.8, 4) is 0 Å². The molecule has 80 valence electrons. The minimum atomic E-state index is -1.45. The third-order valence-corrected chi connectivity index (χ3v) is 2.56. The molecule has 0 saturated carbocycles. The molecule has 0 bridgehead atoms. The van der Waals surface area contributed by atoms with Gasteiger partial charge in [-0.3, -0.25) is 4.79 Å². The second kappa shape index (κ2) is 4.44. The van der Waals surface area contributed by atoms with Gasteiger partial charge >= 0.3 is 5.97 Å². The number of anilines is 1. The maximum Gasteiger partial charge on any atom is 0.377 e. The van der Waals surface area contributed by atoms with E-state index >= 15 is 0 Å². The predicted octanol–water partition coefficient (Wildman–Crippen LogP) is 1.78. The van der Waals surface area contributed by atoms with Crippen molar-refractivity contribution in [1.82, 2.24) is 0 Å². The van der Waals surface area contributed by atoms with Crippen LogP contribution in [0.1, 0.15) is 10.4 Å². The van der Waals surface area contributed by atoms with Gasteiger partial charge in [0.05, 0.1) is 5.56 Å². The summed E-state index contributed by atoms with van der Waals surface area (Å²) < 4.78 is 0.487. The first kappa shape index (κ1) is 11.7. The van der Waals surface area contributed by atoms with Gasteiger partial charge in [-0.05, 0) is 28.1 Å². The van der Waals surface area contributed by atoms with Gasteiger partial charge in [-0.15, -0.1) is 0 Å². The van der Waals surface area contributed by atoms with Crippen LogP contribution in [0.15, 0.2) is 22.7 Å². The number of hydrogen-bond acceptors (Lipinski definition) is 3. The molecule has 1 N–H and O–H groups in total. The van der Waals surface area contributed by atoms with Gasteiger partial charge in [0.1, 0.15) is 0 Å². The summed E-state index contributed by atoms with van der Waals surface area (Å²) in [5.41, 5.74) is 0.756.